The van der Waals surface area contributed by atoms with Crippen LogP contribution in [-0.2, 0) is 4.79 Å². The standard InChI is InChI=1S/C7H12OS/c1-5(2)4-6(3)7(8)9/h4,6H,1-3H3,(H,8,9). The number of rotatable bonds is 2. The fourth-order valence-corrected chi connectivity index (χ4v) is 0.646. The fourth-order valence-electron chi connectivity index (χ4n) is 0.571. The number of hydrogen-bond acceptors (Lipinski definition) is 1. The molecular weight excluding hydrogens is 132 g/mol. The largest absolute Gasteiger partial charge is 0.287 e. The van der Waals surface area contributed by atoms with Crippen molar-refractivity contribution in [2.24, 2.45) is 5.92 Å². The average molecular weight is 144 g/mol. The summed E-state index contributed by atoms with van der Waals surface area (Å²) in [6.45, 7) is 5.77. The molecule has 1 nitrogen and oxygen atoms in total. The summed E-state index contributed by atoms with van der Waals surface area (Å²) in [5, 5.41) is -0.0730. The molecule has 0 aliphatic heterocycles. The minimum absolute atomic E-state index is 0.0432. The van der Waals surface area contributed by atoms with E-state index in [1.54, 1.807) is 0 Å². The first-order valence-corrected chi connectivity index (χ1v) is 3.36. The summed E-state index contributed by atoms with van der Waals surface area (Å²) in [6, 6.07) is 0. The van der Waals surface area contributed by atoms with Crippen molar-refractivity contribution >= 4 is 17.7 Å². The molecule has 2 heteroatoms. The summed E-state index contributed by atoms with van der Waals surface area (Å²) >= 11 is 3.68. The minimum atomic E-state index is -0.0730. The van der Waals surface area contributed by atoms with Crippen molar-refractivity contribution < 1.29 is 4.79 Å². The van der Waals surface area contributed by atoms with E-state index in [9.17, 15) is 4.79 Å². The lowest BCUT2D eigenvalue weighted by molar-refractivity contribution is -0.112. The van der Waals surface area contributed by atoms with E-state index < -0.39 is 0 Å². The maximum Gasteiger partial charge on any atom is 0.192 e. The second-order valence-corrected chi connectivity index (χ2v) is 2.81. The zero-order valence-electron chi connectivity index (χ0n) is 6.01. The molecule has 0 heterocycles. The van der Waals surface area contributed by atoms with Crippen LogP contribution in [0.15, 0.2) is 11.6 Å². The van der Waals surface area contributed by atoms with Crippen molar-refractivity contribution in [2.45, 2.75) is 20.8 Å². The topological polar surface area (TPSA) is 17.1 Å². The van der Waals surface area contributed by atoms with Gasteiger partial charge in [-0.3, -0.25) is 4.79 Å². The Bertz CT molecular complexity index is 134. The molecule has 0 spiro atoms. The molecule has 0 amide bonds. The van der Waals surface area contributed by atoms with Gasteiger partial charge in [-0.2, -0.15) is 0 Å². The number of carbonyl (C=O) groups excluding carboxylic acids is 1. The van der Waals surface area contributed by atoms with Crippen LogP contribution < -0.4 is 0 Å². The van der Waals surface area contributed by atoms with Gasteiger partial charge >= 0.3 is 0 Å². The first kappa shape index (κ1) is 8.76. The van der Waals surface area contributed by atoms with Crippen LogP contribution in [0.5, 0.6) is 0 Å². The number of allylic oxidation sites excluding steroid dienone is 2. The highest BCUT2D eigenvalue weighted by molar-refractivity contribution is 7.96. The Labute approximate surface area is 61.6 Å². The summed E-state index contributed by atoms with van der Waals surface area (Å²) < 4.78 is 0. The maximum atomic E-state index is 10.5. The monoisotopic (exact) mass is 144 g/mol. The zero-order valence-corrected chi connectivity index (χ0v) is 6.90. The highest BCUT2D eigenvalue weighted by atomic mass is 32.1. The molecule has 0 radical (unpaired) electrons. The van der Waals surface area contributed by atoms with E-state index in [4.69, 9.17) is 0 Å². The molecule has 0 rings (SSSR count). The van der Waals surface area contributed by atoms with Crippen LogP contribution in [0.25, 0.3) is 0 Å². The second-order valence-electron chi connectivity index (χ2n) is 2.37. The first-order chi connectivity index (χ1) is 4.04. The molecule has 0 aromatic heterocycles. The lowest BCUT2D eigenvalue weighted by Gasteiger charge is -1.98. The minimum Gasteiger partial charge on any atom is -0.287 e. The van der Waals surface area contributed by atoms with Gasteiger partial charge in [-0.15, -0.1) is 12.6 Å². The van der Waals surface area contributed by atoms with E-state index in [2.05, 4.69) is 12.6 Å². The summed E-state index contributed by atoms with van der Waals surface area (Å²) in [5.41, 5.74) is 1.16. The third-order valence-electron chi connectivity index (χ3n) is 0.973. The molecular formula is C7H12OS. The van der Waals surface area contributed by atoms with Crippen molar-refractivity contribution in [3.05, 3.63) is 11.6 Å². The zero-order chi connectivity index (χ0) is 7.44. The second kappa shape index (κ2) is 3.72. The summed E-state index contributed by atoms with van der Waals surface area (Å²) in [6.07, 6.45) is 1.90. The van der Waals surface area contributed by atoms with Crippen LogP contribution in [0.2, 0.25) is 0 Å². The number of thiol groups is 1. The first-order valence-electron chi connectivity index (χ1n) is 2.92. The smallest absolute Gasteiger partial charge is 0.192 e. The van der Waals surface area contributed by atoms with E-state index in [-0.39, 0.29) is 11.0 Å². The third kappa shape index (κ3) is 4.28. The van der Waals surface area contributed by atoms with E-state index in [0.717, 1.165) is 5.57 Å². The Morgan fingerprint density at radius 1 is 1.56 bits per heavy atom. The summed E-state index contributed by atoms with van der Waals surface area (Å²) in [4.78, 5) is 10.5. The van der Waals surface area contributed by atoms with Crippen molar-refractivity contribution in [1.82, 2.24) is 0 Å². The van der Waals surface area contributed by atoms with Gasteiger partial charge in [0.05, 0.1) is 0 Å². The van der Waals surface area contributed by atoms with Gasteiger partial charge in [0.15, 0.2) is 5.12 Å². The van der Waals surface area contributed by atoms with Gasteiger partial charge in [-0.05, 0) is 13.8 Å². The van der Waals surface area contributed by atoms with Gasteiger partial charge in [0.1, 0.15) is 0 Å². The van der Waals surface area contributed by atoms with Crippen LogP contribution in [0, 0.1) is 5.92 Å². The highest BCUT2D eigenvalue weighted by Gasteiger charge is 2.02. The molecule has 52 valence electrons. The molecule has 9 heavy (non-hydrogen) atoms. The van der Waals surface area contributed by atoms with Crippen molar-refractivity contribution in [3.63, 3.8) is 0 Å². The SMILES string of the molecule is CC(C)=CC(C)C(=O)S. The Hall–Kier alpha value is -0.240. The number of carbonyl (C=O) groups is 1. The van der Waals surface area contributed by atoms with Crippen LogP contribution in [0.4, 0.5) is 0 Å². The lowest BCUT2D eigenvalue weighted by atomic mass is 10.1. The van der Waals surface area contributed by atoms with Crippen molar-refractivity contribution in [2.75, 3.05) is 0 Å². The Morgan fingerprint density at radius 3 is 2.11 bits per heavy atom. The molecule has 0 N–H and O–H groups in total. The van der Waals surface area contributed by atoms with Gasteiger partial charge in [0, 0.05) is 5.92 Å². The predicted molar refractivity (Wildman–Crippen MR) is 42.6 cm³/mol. The molecule has 0 aromatic rings. The molecule has 0 saturated carbocycles. The van der Waals surface area contributed by atoms with Gasteiger partial charge in [-0.1, -0.05) is 18.6 Å². The molecule has 0 aliphatic rings. The maximum absolute atomic E-state index is 10.5. The predicted octanol–water partition coefficient (Wildman–Crippen LogP) is 2.05. The lowest BCUT2D eigenvalue weighted by Crippen LogP contribution is -1.99. The van der Waals surface area contributed by atoms with Gasteiger partial charge in [0.25, 0.3) is 0 Å². The van der Waals surface area contributed by atoms with E-state index >= 15 is 0 Å². The van der Waals surface area contributed by atoms with Gasteiger partial charge in [0.2, 0.25) is 0 Å². The van der Waals surface area contributed by atoms with Crippen molar-refractivity contribution in [3.8, 4) is 0 Å². The molecule has 1 atom stereocenters. The summed E-state index contributed by atoms with van der Waals surface area (Å²) in [5.74, 6) is -0.0432. The van der Waals surface area contributed by atoms with E-state index in [0.29, 0.717) is 0 Å². The Morgan fingerprint density at radius 2 is 2.00 bits per heavy atom. The highest BCUT2D eigenvalue weighted by Crippen LogP contribution is 2.04. The van der Waals surface area contributed by atoms with E-state index in [1.807, 2.05) is 26.8 Å². The average Bonchev–Trinajstić information content (AvgIpc) is 1.63. The normalized spacial score (nSPS) is 12.4. The Kier molecular flexibility index (Phi) is 3.62. The van der Waals surface area contributed by atoms with E-state index in [1.165, 1.54) is 0 Å². The van der Waals surface area contributed by atoms with Crippen LogP contribution in [0.3, 0.4) is 0 Å². The fraction of sp³-hybridized carbons (Fsp3) is 0.571. The Balaban J connectivity index is 3.91. The summed E-state index contributed by atoms with van der Waals surface area (Å²) in [7, 11) is 0. The molecule has 0 fully saturated rings. The van der Waals surface area contributed by atoms with Crippen LogP contribution in [-0.4, -0.2) is 5.12 Å². The van der Waals surface area contributed by atoms with Crippen LogP contribution in [0.1, 0.15) is 20.8 Å². The molecule has 0 aromatic carbocycles. The third-order valence-corrected chi connectivity index (χ3v) is 1.38. The van der Waals surface area contributed by atoms with Gasteiger partial charge < -0.3 is 0 Å². The van der Waals surface area contributed by atoms with Crippen molar-refractivity contribution in [1.29, 1.82) is 0 Å². The molecule has 0 saturated heterocycles. The molecule has 0 bridgehead atoms. The van der Waals surface area contributed by atoms with Gasteiger partial charge in [-0.25, -0.2) is 0 Å². The molecule has 0 aliphatic carbocycles. The van der Waals surface area contributed by atoms with Crippen LogP contribution >= 0.6 is 12.6 Å². The number of hydrogen-bond donors (Lipinski definition) is 1. The molecule has 1 unspecified atom stereocenters. The quantitative estimate of drug-likeness (QED) is 0.463.